The van der Waals surface area contributed by atoms with Crippen LogP contribution in [-0.2, 0) is 9.53 Å². The van der Waals surface area contributed by atoms with Crippen LogP contribution in [0.5, 0.6) is 0 Å². The number of ether oxygens (including phenoxy) is 1. The summed E-state index contributed by atoms with van der Waals surface area (Å²) in [6.45, 7) is 4.43. The summed E-state index contributed by atoms with van der Waals surface area (Å²) in [6, 6.07) is 0. The lowest BCUT2D eigenvalue weighted by Crippen LogP contribution is -2.68. The van der Waals surface area contributed by atoms with Crippen molar-refractivity contribution in [2.75, 3.05) is 0 Å². The van der Waals surface area contributed by atoms with E-state index >= 15 is 0 Å². The maximum absolute atomic E-state index is 13.5. The second-order valence-electron chi connectivity index (χ2n) is 6.79. The van der Waals surface area contributed by atoms with Gasteiger partial charge < -0.3 is 9.84 Å². The maximum atomic E-state index is 13.5. The fraction of sp³-hybridized carbons (Fsp3) is 0.800. The van der Waals surface area contributed by atoms with Crippen LogP contribution in [0, 0.1) is 11.8 Å². The van der Waals surface area contributed by atoms with E-state index in [4.69, 9.17) is 4.74 Å². The number of hydrogen-bond acceptors (Lipinski definition) is 3. The summed E-state index contributed by atoms with van der Waals surface area (Å²) in [6.07, 6.45) is -12.9. The smallest absolute Gasteiger partial charge is 0.421 e. The van der Waals surface area contributed by atoms with Crippen molar-refractivity contribution in [1.29, 1.82) is 0 Å². The monoisotopic (exact) mass is 360 g/mol. The molecule has 2 bridgehead atoms. The first-order valence-electron chi connectivity index (χ1n) is 7.46. The number of carbonyl (C=O) groups excluding carboxylic acids is 1. The molecule has 0 aromatic heterocycles. The highest BCUT2D eigenvalue weighted by molar-refractivity contribution is 5.87. The first-order chi connectivity index (χ1) is 10.7. The minimum absolute atomic E-state index is 0.171. The van der Waals surface area contributed by atoms with Gasteiger partial charge in [0.15, 0.2) is 5.60 Å². The average Bonchev–Trinajstić information content (AvgIpc) is 2.95. The van der Waals surface area contributed by atoms with Crippen LogP contribution in [0.25, 0.3) is 0 Å². The fourth-order valence-electron chi connectivity index (χ4n) is 4.03. The number of hydrogen-bond donors (Lipinski definition) is 1. The number of alkyl halides is 6. The van der Waals surface area contributed by atoms with Gasteiger partial charge in [-0.25, -0.2) is 4.79 Å². The largest absolute Gasteiger partial charge is 0.452 e. The van der Waals surface area contributed by atoms with E-state index in [-0.39, 0.29) is 24.3 Å². The van der Waals surface area contributed by atoms with Crippen molar-refractivity contribution in [2.24, 2.45) is 11.8 Å². The first-order valence-corrected chi connectivity index (χ1v) is 7.46. The lowest BCUT2D eigenvalue weighted by molar-refractivity contribution is -0.353. The standard InChI is InChI=1S/C15H18F6O3/c1-8(2)11(22)24-12(6-9-3-4-10(12)5-9)13(23,15(19,20)21)7-14(16,17)18/h9-10,23H,1,3-7H2,2H3/t9?,10?,12-,13+/m0/s1. The number of carbonyl (C=O) groups is 1. The summed E-state index contributed by atoms with van der Waals surface area (Å²) < 4.78 is 84.0. The SMILES string of the molecule is C=C(C)C(=O)O[C@@]1([C@](O)(CC(F)(F)F)C(F)(F)F)CC2CCC1C2. The van der Waals surface area contributed by atoms with Crippen LogP contribution in [-0.4, -0.2) is 34.6 Å². The van der Waals surface area contributed by atoms with Gasteiger partial charge in [0.1, 0.15) is 0 Å². The third-order valence-electron chi connectivity index (χ3n) is 5.04. The van der Waals surface area contributed by atoms with Gasteiger partial charge in [0.05, 0.1) is 6.42 Å². The molecule has 0 heterocycles. The van der Waals surface area contributed by atoms with E-state index in [1.54, 1.807) is 0 Å². The third kappa shape index (κ3) is 3.02. The highest BCUT2D eigenvalue weighted by atomic mass is 19.4. The van der Waals surface area contributed by atoms with Crippen LogP contribution in [0.4, 0.5) is 26.3 Å². The molecule has 2 fully saturated rings. The van der Waals surface area contributed by atoms with E-state index in [2.05, 4.69) is 6.58 Å². The van der Waals surface area contributed by atoms with Crippen LogP contribution in [0.3, 0.4) is 0 Å². The van der Waals surface area contributed by atoms with Crippen LogP contribution in [0.1, 0.15) is 39.0 Å². The van der Waals surface area contributed by atoms with Crippen LogP contribution < -0.4 is 0 Å². The first kappa shape index (κ1) is 19.1. The molecule has 2 saturated carbocycles. The summed E-state index contributed by atoms with van der Waals surface area (Å²) in [4.78, 5) is 11.8. The number of fused-ring (bicyclic) bond motifs is 2. The zero-order valence-electron chi connectivity index (χ0n) is 12.9. The van der Waals surface area contributed by atoms with Crippen molar-refractivity contribution >= 4 is 5.97 Å². The number of esters is 1. The normalized spacial score (nSPS) is 32.5. The number of rotatable bonds is 4. The van der Waals surface area contributed by atoms with Gasteiger partial charge in [-0.3, -0.25) is 0 Å². The molecular formula is C15H18F6O3. The lowest BCUT2D eigenvalue weighted by Gasteiger charge is -2.49. The Morgan fingerprint density at radius 3 is 2.17 bits per heavy atom. The molecule has 0 aromatic rings. The van der Waals surface area contributed by atoms with Crippen LogP contribution in [0.2, 0.25) is 0 Å². The van der Waals surface area contributed by atoms with Crippen LogP contribution >= 0.6 is 0 Å². The van der Waals surface area contributed by atoms with Gasteiger partial charge in [-0.2, -0.15) is 26.3 Å². The van der Waals surface area contributed by atoms with E-state index in [1.807, 2.05) is 0 Å². The highest BCUT2D eigenvalue weighted by Crippen LogP contribution is 2.62. The third-order valence-corrected chi connectivity index (χ3v) is 5.04. The van der Waals surface area contributed by atoms with Crippen molar-refractivity contribution in [3.8, 4) is 0 Å². The minimum Gasteiger partial charge on any atom is -0.452 e. The Morgan fingerprint density at radius 2 is 1.83 bits per heavy atom. The second-order valence-corrected chi connectivity index (χ2v) is 6.79. The summed E-state index contributed by atoms with van der Waals surface area (Å²) in [5.74, 6) is -2.51. The zero-order chi connectivity index (χ0) is 18.6. The van der Waals surface area contributed by atoms with E-state index in [0.29, 0.717) is 6.42 Å². The van der Waals surface area contributed by atoms with E-state index in [9.17, 15) is 36.2 Å². The summed E-state index contributed by atoms with van der Waals surface area (Å²) in [5, 5.41) is 10.2. The molecular weight excluding hydrogens is 342 g/mol. The van der Waals surface area contributed by atoms with Crippen LogP contribution in [0.15, 0.2) is 12.2 Å². The predicted molar refractivity (Wildman–Crippen MR) is 70.8 cm³/mol. The number of aliphatic hydroxyl groups is 1. The molecule has 4 atom stereocenters. The Kier molecular flexibility index (Phi) is 4.48. The van der Waals surface area contributed by atoms with Gasteiger partial charge in [0, 0.05) is 11.5 Å². The Hall–Kier alpha value is -1.25. The van der Waals surface area contributed by atoms with Crippen molar-refractivity contribution < 1.29 is 41.0 Å². The summed E-state index contributed by atoms with van der Waals surface area (Å²) >= 11 is 0. The van der Waals surface area contributed by atoms with Gasteiger partial charge in [0.2, 0.25) is 5.60 Å². The Bertz CT molecular complexity index is 540. The van der Waals surface area contributed by atoms with Gasteiger partial charge >= 0.3 is 18.3 Å². The van der Waals surface area contributed by atoms with Crippen molar-refractivity contribution in [1.82, 2.24) is 0 Å². The molecule has 0 aromatic carbocycles. The summed E-state index contributed by atoms with van der Waals surface area (Å²) in [7, 11) is 0. The molecule has 2 aliphatic rings. The number of halogens is 6. The molecule has 1 N–H and O–H groups in total. The fourth-order valence-corrected chi connectivity index (χ4v) is 4.03. The zero-order valence-corrected chi connectivity index (χ0v) is 12.9. The average molecular weight is 360 g/mol. The topological polar surface area (TPSA) is 46.5 Å². The molecule has 138 valence electrons. The maximum Gasteiger partial charge on any atom is 0.421 e. The van der Waals surface area contributed by atoms with Crippen molar-refractivity contribution in [3.05, 3.63) is 12.2 Å². The molecule has 0 saturated heterocycles. The van der Waals surface area contributed by atoms with Crippen molar-refractivity contribution in [2.45, 2.75) is 62.6 Å². The molecule has 0 amide bonds. The van der Waals surface area contributed by atoms with E-state index in [1.165, 1.54) is 6.92 Å². The molecule has 2 aliphatic carbocycles. The molecule has 9 heteroatoms. The van der Waals surface area contributed by atoms with Gasteiger partial charge in [-0.15, -0.1) is 0 Å². The van der Waals surface area contributed by atoms with Gasteiger partial charge in [-0.05, 0) is 38.5 Å². The van der Waals surface area contributed by atoms with E-state index in [0.717, 1.165) is 0 Å². The minimum atomic E-state index is -5.61. The quantitative estimate of drug-likeness (QED) is 0.470. The molecule has 0 aliphatic heterocycles. The van der Waals surface area contributed by atoms with Crippen molar-refractivity contribution in [3.63, 3.8) is 0 Å². The Morgan fingerprint density at radius 1 is 1.25 bits per heavy atom. The highest BCUT2D eigenvalue weighted by Gasteiger charge is 2.76. The Labute approximate surface area is 134 Å². The lowest BCUT2D eigenvalue weighted by atomic mass is 9.69. The molecule has 2 unspecified atom stereocenters. The predicted octanol–water partition coefficient (Wildman–Crippen LogP) is 3.91. The molecule has 24 heavy (non-hydrogen) atoms. The summed E-state index contributed by atoms with van der Waals surface area (Å²) in [5.41, 5.74) is -7.07. The second kappa shape index (κ2) is 5.64. The van der Waals surface area contributed by atoms with E-state index < -0.39 is 48.3 Å². The van der Waals surface area contributed by atoms with Gasteiger partial charge in [0.25, 0.3) is 0 Å². The molecule has 2 rings (SSSR count). The van der Waals surface area contributed by atoms with Gasteiger partial charge in [-0.1, -0.05) is 6.58 Å². The molecule has 3 nitrogen and oxygen atoms in total. The molecule has 0 spiro atoms. The Balaban J connectivity index is 2.54. The molecule has 0 radical (unpaired) electrons.